The van der Waals surface area contributed by atoms with Crippen LogP contribution in [0, 0.1) is 0 Å². The number of thiophene rings is 1. The van der Waals surface area contributed by atoms with Gasteiger partial charge in [0.1, 0.15) is 15.4 Å². The van der Waals surface area contributed by atoms with Crippen LogP contribution < -0.4 is 5.56 Å². The van der Waals surface area contributed by atoms with E-state index in [1.807, 2.05) is 15.8 Å². The second-order valence-corrected chi connectivity index (χ2v) is 11.2. The third kappa shape index (κ3) is 3.56. The summed E-state index contributed by atoms with van der Waals surface area (Å²) in [5, 5.41) is 11.0. The van der Waals surface area contributed by atoms with E-state index >= 15 is 0 Å². The van der Waals surface area contributed by atoms with Gasteiger partial charge in [-0.15, -0.1) is 21.5 Å². The second kappa shape index (κ2) is 8.01. The quantitative estimate of drug-likeness (QED) is 0.408. The lowest BCUT2D eigenvalue weighted by Crippen LogP contribution is -2.35. The zero-order valence-corrected chi connectivity index (χ0v) is 19.2. The molecule has 0 unspecified atom stereocenters. The SMILES string of the molecule is Cn1c(=O)c2sccc2n2c(CSc3ccc(S(=O)(=O)N4CCCCC4)cn3)nnc12. The molecule has 31 heavy (non-hydrogen) atoms. The molecule has 0 aromatic carbocycles. The van der Waals surface area contributed by atoms with Crippen molar-refractivity contribution < 1.29 is 8.42 Å². The van der Waals surface area contributed by atoms with Gasteiger partial charge in [0.2, 0.25) is 15.8 Å². The second-order valence-electron chi connectivity index (χ2n) is 7.34. The fourth-order valence-corrected chi connectivity index (χ4v) is 6.81. The predicted molar refractivity (Wildman–Crippen MR) is 120 cm³/mol. The van der Waals surface area contributed by atoms with E-state index in [9.17, 15) is 13.2 Å². The maximum absolute atomic E-state index is 12.8. The van der Waals surface area contributed by atoms with E-state index in [2.05, 4.69) is 15.2 Å². The Kier molecular flexibility index (Phi) is 5.32. The smallest absolute Gasteiger partial charge is 0.272 e. The molecular weight excluding hydrogens is 456 g/mol. The van der Waals surface area contributed by atoms with Gasteiger partial charge in [-0.25, -0.2) is 13.4 Å². The molecule has 0 bridgehead atoms. The molecule has 162 valence electrons. The highest BCUT2D eigenvalue weighted by atomic mass is 32.2. The van der Waals surface area contributed by atoms with Gasteiger partial charge in [0.25, 0.3) is 5.56 Å². The highest BCUT2D eigenvalue weighted by Crippen LogP contribution is 2.26. The zero-order valence-electron chi connectivity index (χ0n) is 16.8. The minimum atomic E-state index is -3.49. The molecule has 1 saturated heterocycles. The number of fused-ring (bicyclic) bond motifs is 3. The van der Waals surface area contributed by atoms with Gasteiger partial charge in [-0.2, -0.15) is 4.31 Å². The third-order valence-corrected chi connectivity index (χ3v) is 9.12. The van der Waals surface area contributed by atoms with Gasteiger partial charge in [-0.1, -0.05) is 18.2 Å². The number of rotatable bonds is 5. The summed E-state index contributed by atoms with van der Waals surface area (Å²) in [4.78, 5) is 17.0. The van der Waals surface area contributed by atoms with E-state index in [0.29, 0.717) is 40.2 Å². The molecule has 1 aliphatic heterocycles. The van der Waals surface area contributed by atoms with Crippen LogP contribution in [0.5, 0.6) is 0 Å². The summed E-state index contributed by atoms with van der Waals surface area (Å²) in [7, 11) is -1.80. The van der Waals surface area contributed by atoms with Gasteiger partial charge in [0.15, 0.2) is 0 Å². The Bertz CT molecular complexity index is 1420. The molecule has 5 heterocycles. The van der Waals surface area contributed by atoms with Crippen LogP contribution in [-0.4, -0.2) is 50.0 Å². The molecule has 0 N–H and O–H groups in total. The van der Waals surface area contributed by atoms with Crippen molar-refractivity contribution in [1.82, 2.24) is 28.5 Å². The highest BCUT2D eigenvalue weighted by molar-refractivity contribution is 7.98. The van der Waals surface area contributed by atoms with Gasteiger partial charge in [-0.05, 0) is 36.4 Å². The van der Waals surface area contributed by atoms with E-state index in [1.54, 1.807) is 23.5 Å². The van der Waals surface area contributed by atoms with Gasteiger partial charge in [0.05, 0.1) is 16.3 Å². The first-order valence-corrected chi connectivity index (χ1v) is 13.2. The molecule has 0 atom stereocenters. The monoisotopic (exact) mass is 476 g/mol. The standard InChI is InChI=1S/C19H20N6O3S3/c1-23-18(26)17-14(7-10-29-17)25-15(21-22-19(23)25)12-30-16-6-5-13(11-20-16)31(27,28)24-8-3-2-4-9-24/h5-7,10-11H,2-4,8-9,12H2,1H3. The lowest BCUT2D eigenvalue weighted by Gasteiger charge is -2.25. The van der Waals surface area contributed by atoms with Crippen molar-refractivity contribution in [2.45, 2.75) is 34.9 Å². The van der Waals surface area contributed by atoms with Crippen molar-refractivity contribution in [3.8, 4) is 0 Å². The zero-order chi connectivity index (χ0) is 21.6. The Labute approximate surface area is 186 Å². The number of hydrogen-bond donors (Lipinski definition) is 0. The molecule has 0 amide bonds. The molecule has 0 spiro atoms. The van der Waals surface area contributed by atoms with Gasteiger partial charge in [0, 0.05) is 26.3 Å². The Hall–Kier alpha value is -2.28. The first kappa shape index (κ1) is 20.6. The maximum atomic E-state index is 12.8. The van der Waals surface area contributed by atoms with Crippen LogP contribution in [0.25, 0.3) is 16.0 Å². The first-order chi connectivity index (χ1) is 15.0. The fraction of sp³-hybridized carbons (Fsp3) is 0.368. The van der Waals surface area contributed by atoms with Crippen LogP contribution in [-0.2, 0) is 22.8 Å². The molecular formula is C19H20N6O3S3. The summed E-state index contributed by atoms with van der Waals surface area (Å²) in [6.07, 6.45) is 4.30. The minimum Gasteiger partial charge on any atom is -0.279 e. The summed E-state index contributed by atoms with van der Waals surface area (Å²) in [6.45, 7) is 1.14. The molecule has 4 aromatic rings. The minimum absolute atomic E-state index is 0.0868. The van der Waals surface area contributed by atoms with E-state index in [-0.39, 0.29) is 10.5 Å². The largest absolute Gasteiger partial charge is 0.279 e. The molecule has 4 aromatic heterocycles. The maximum Gasteiger partial charge on any atom is 0.272 e. The van der Waals surface area contributed by atoms with E-state index < -0.39 is 10.0 Å². The van der Waals surface area contributed by atoms with Crippen LogP contribution in [0.4, 0.5) is 0 Å². The summed E-state index contributed by atoms with van der Waals surface area (Å²) < 4.78 is 31.1. The summed E-state index contributed by atoms with van der Waals surface area (Å²) in [5.74, 6) is 1.67. The van der Waals surface area contributed by atoms with Crippen LogP contribution in [0.2, 0.25) is 0 Å². The van der Waals surface area contributed by atoms with E-state index in [4.69, 9.17) is 0 Å². The number of nitrogens with zero attached hydrogens (tertiary/aromatic N) is 6. The molecule has 1 fully saturated rings. The van der Waals surface area contributed by atoms with Crippen molar-refractivity contribution >= 4 is 49.1 Å². The Morgan fingerprint density at radius 1 is 1.13 bits per heavy atom. The average Bonchev–Trinajstić information content (AvgIpc) is 3.44. The predicted octanol–water partition coefficient (Wildman–Crippen LogP) is 2.50. The summed E-state index contributed by atoms with van der Waals surface area (Å²) >= 11 is 2.84. The number of hydrogen-bond acceptors (Lipinski definition) is 8. The molecule has 9 nitrogen and oxygen atoms in total. The van der Waals surface area contributed by atoms with Gasteiger partial charge < -0.3 is 0 Å². The number of pyridine rings is 1. The van der Waals surface area contributed by atoms with Gasteiger partial charge >= 0.3 is 0 Å². The highest BCUT2D eigenvalue weighted by Gasteiger charge is 2.26. The Morgan fingerprint density at radius 2 is 1.94 bits per heavy atom. The molecule has 0 aliphatic carbocycles. The number of piperidine rings is 1. The molecule has 12 heteroatoms. The van der Waals surface area contributed by atoms with E-state index in [0.717, 1.165) is 24.8 Å². The van der Waals surface area contributed by atoms with Crippen molar-refractivity contribution in [1.29, 1.82) is 0 Å². The van der Waals surface area contributed by atoms with Crippen molar-refractivity contribution in [3.63, 3.8) is 0 Å². The summed E-state index contributed by atoms with van der Waals surface area (Å²) in [5.41, 5.74) is 0.705. The van der Waals surface area contributed by atoms with Crippen LogP contribution in [0.1, 0.15) is 25.1 Å². The number of aryl methyl sites for hydroxylation is 1. The van der Waals surface area contributed by atoms with E-state index in [1.165, 1.54) is 33.9 Å². The molecule has 0 radical (unpaired) electrons. The Balaban J connectivity index is 1.38. The van der Waals surface area contributed by atoms with Crippen LogP contribution >= 0.6 is 23.1 Å². The molecule has 0 saturated carbocycles. The molecule has 5 rings (SSSR count). The Morgan fingerprint density at radius 3 is 2.68 bits per heavy atom. The van der Waals surface area contributed by atoms with Crippen LogP contribution in [0.3, 0.4) is 0 Å². The lowest BCUT2D eigenvalue weighted by molar-refractivity contribution is 0.346. The first-order valence-electron chi connectivity index (χ1n) is 9.86. The number of thioether (sulfide) groups is 1. The van der Waals surface area contributed by atoms with Crippen molar-refractivity contribution in [2.75, 3.05) is 13.1 Å². The fourth-order valence-electron chi connectivity index (χ4n) is 3.74. The average molecular weight is 477 g/mol. The normalized spacial score (nSPS) is 15.8. The summed E-state index contributed by atoms with van der Waals surface area (Å²) in [6, 6.07) is 5.23. The lowest BCUT2D eigenvalue weighted by atomic mass is 10.2. The topological polar surface area (TPSA) is 102 Å². The van der Waals surface area contributed by atoms with Crippen molar-refractivity contribution in [2.24, 2.45) is 7.05 Å². The van der Waals surface area contributed by atoms with Crippen LogP contribution in [0.15, 0.2) is 44.5 Å². The van der Waals surface area contributed by atoms with Gasteiger partial charge in [-0.3, -0.25) is 13.8 Å². The third-order valence-electron chi connectivity index (χ3n) is 5.41. The van der Waals surface area contributed by atoms with Crippen molar-refractivity contribution in [3.05, 3.63) is 46.0 Å². The molecule has 1 aliphatic rings. The number of sulfonamides is 1. The number of aromatic nitrogens is 5.